The fourth-order valence-electron chi connectivity index (χ4n) is 0.926. The van der Waals surface area contributed by atoms with Crippen molar-refractivity contribution in [2.75, 3.05) is 5.88 Å². The summed E-state index contributed by atoms with van der Waals surface area (Å²) in [7, 11) is 0. The first-order valence-electron chi connectivity index (χ1n) is 3.43. The van der Waals surface area contributed by atoms with Crippen molar-refractivity contribution in [3.63, 3.8) is 0 Å². The van der Waals surface area contributed by atoms with Gasteiger partial charge in [-0.2, -0.15) is 0 Å². The lowest BCUT2D eigenvalue weighted by atomic mass is 10.1. The molecule has 0 aromatic heterocycles. The smallest absolute Gasteiger partial charge is 0.178 e. The van der Waals surface area contributed by atoms with Gasteiger partial charge in [-0.05, 0) is 5.56 Å². The number of ketones is 1. The van der Waals surface area contributed by atoms with Crippen molar-refractivity contribution in [2.24, 2.45) is 0 Å². The lowest BCUT2D eigenvalue weighted by Gasteiger charge is -2.00. The third-order valence-corrected chi connectivity index (χ3v) is 2.01. The number of thiocarbonyl (C=S) groups is 1. The second-order valence-electron chi connectivity index (χ2n) is 2.26. The number of carbonyl (C=O) groups excluding carboxylic acids is 1. The van der Waals surface area contributed by atoms with E-state index >= 15 is 0 Å². The second-order valence-corrected chi connectivity index (χ2v) is 2.76. The normalized spacial score (nSPS) is 9.42. The summed E-state index contributed by atoms with van der Waals surface area (Å²) >= 11 is 10.2. The zero-order valence-corrected chi connectivity index (χ0v) is 7.86. The highest BCUT2D eigenvalue weighted by molar-refractivity contribution is 7.79. The van der Waals surface area contributed by atoms with Crippen LogP contribution in [-0.2, 0) is 0 Å². The van der Waals surface area contributed by atoms with Gasteiger partial charge in [-0.25, -0.2) is 0 Å². The third kappa shape index (κ3) is 1.90. The minimum atomic E-state index is -0.0895. The minimum absolute atomic E-state index is 0.000185. The van der Waals surface area contributed by atoms with Crippen LogP contribution in [0.2, 0.25) is 0 Å². The van der Waals surface area contributed by atoms with Gasteiger partial charge in [-0.15, -0.1) is 11.6 Å². The maximum absolute atomic E-state index is 11.2. The molecule has 0 aliphatic heterocycles. The minimum Gasteiger partial charge on any atom is -0.293 e. The molecule has 0 unspecified atom stereocenters. The van der Waals surface area contributed by atoms with Gasteiger partial charge in [0.05, 0.1) is 5.88 Å². The number of halogens is 1. The van der Waals surface area contributed by atoms with Gasteiger partial charge in [0.1, 0.15) is 0 Å². The van der Waals surface area contributed by atoms with Crippen molar-refractivity contribution in [3.8, 4) is 0 Å². The van der Waals surface area contributed by atoms with Gasteiger partial charge < -0.3 is 0 Å². The Bertz CT molecular complexity index is 309. The molecule has 0 amide bonds. The molecule has 1 aromatic rings. The number of hydrogen-bond acceptors (Lipinski definition) is 2. The fourth-order valence-corrected chi connectivity index (χ4v) is 1.28. The van der Waals surface area contributed by atoms with E-state index < -0.39 is 0 Å². The Hall–Kier alpha value is -0.730. The van der Waals surface area contributed by atoms with Gasteiger partial charge in [-0.1, -0.05) is 36.5 Å². The van der Waals surface area contributed by atoms with Crippen LogP contribution in [0, 0.1) is 0 Å². The molecular formula is C9H7ClOS. The van der Waals surface area contributed by atoms with Crippen molar-refractivity contribution < 1.29 is 4.79 Å². The zero-order chi connectivity index (χ0) is 8.97. The monoisotopic (exact) mass is 198 g/mol. The molecule has 0 N–H and O–H groups in total. The van der Waals surface area contributed by atoms with Gasteiger partial charge in [0, 0.05) is 10.9 Å². The lowest BCUT2D eigenvalue weighted by Crippen LogP contribution is -2.03. The molecule has 0 atom stereocenters. The summed E-state index contributed by atoms with van der Waals surface area (Å²) in [6.45, 7) is 0. The Morgan fingerprint density at radius 1 is 1.50 bits per heavy atom. The topological polar surface area (TPSA) is 17.1 Å². The third-order valence-electron chi connectivity index (χ3n) is 1.51. The van der Waals surface area contributed by atoms with Crippen LogP contribution >= 0.6 is 23.8 Å². The van der Waals surface area contributed by atoms with Crippen molar-refractivity contribution in [1.82, 2.24) is 0 Å². The summed E-state index contributed by atoms with van der Waals surface area (Å²) in [4.78, 5) is 11.2. The van der Waals surface area contributed by atoms with E-state index in [1.54, 1.807) is 18.2 Å². The van der Waals surface area contributed by atoms with Crippen LogP contribution in [0.3, 0.4) is 0 Å². The predicted octanol–water partition coefficient (Wildman–Crippen LogP) is 2.46. The van der Waals surface area contributed by atoms with E-state index in [1.165, 1.54) is 5.37 Å². The maximum Gasteiger partial charge on any atom is 0.178 e. The van der Waals surface area contributed by atoms with Crippen molar-refractivity contribution in [2.45, 2.75) is 0 Å². The summed E-state index contributed by atoms with van der Waals surface area (Å²) in [6.07, 6.45) is 0. The zero-order valence-electron chi connectivity index (χ0n) is 6.29. The Morgan fingerprint density at radius 3 is 2.75 bits per heavy atom. The van der Waals surface area contributed by atoms with E-state index in [1.807, 2.05) is 6.07 Å². The summed E-state index contributed by atoms with van der Waals surface area (Å²) < 4.78 is 0. The molecule has 0 aliphatic carbocycles. The summed E-state index contributed by atoms with van der Waals surface area (Å²) in [5.41, 5.74) is 1.36. The number of hydrogen-bond donors (Lipinski definition) is 0. The number of benzene rings is 1. The highest BCUT2D eigenvalue weighted by atomic mass is 35.5. The first-order valence-corrected chi connectivity index (χ1v) is 4.43. The molecule has 0 fully saturated rings. The number of alkyl halides is 1. The highest BCUT2D eigenvalue weighted by Crippen LogP contribution is 2.07. The number of rotatable bonds is 3. The molecule has 62 valence electrons. The van der Waals surface area contributed by atoms with E-state index in [2.05, 4.69) is 0 Å². The summed E-state index contributed by atoms with van der Waals surface area (Å²) in [5.74, 6) is -0.0893. The quantitative estimate of drug-likeness (QED) is 0.422. The summed E-state index contributed by atoms with van der Waals surface area (Å²) in [6, 6.07) is 7.15. The summed E-state index contributed by atoms with van der Waals surface area (Å²) in [5, 5.41) is 1.49. The largest absolute Gasteiger partial charge is 0.293 e. The van der Waals surface area contributed by atoms with Gasteiger partial charge in [0.2, 0.25) is 0 Å². The number of carbonyl (C=O) groups is 1. The van der Waals surface area contributed by atoms with E-state index in [-0.39, 0.29) is 11.7 Å². The Morgan fingerprint density at radius 2 is 2.17 bits per heavy atom. The molecule has 12 heavy (non-hydrogen) atoms. The van der Waals surface area contributed by atoms with E-state index in [0.29, 0.717) is 5.56 Å². The molecule has 3 heteroatoms. The first-order chi connectivity index (χ1) is 5.79. The van der Waals surface area contributed by atoms with Crippen LogP contribution < -0.4 is 0 Å². The number of Topliss-reactive ketones (excluding diaryl/α,β-unsaturated/α-hetero) is 1. The fraction of sp³-hybridized carbons (Fsp3) is 0.111. The van der Waals surface area contributed by atoms with Crippen molar-refractivity contribution in [3.05, 3.63) is 35.4 Å². The molecule has 1 rings (SSSR count). The Balaban J connectivity index is 3.13. The molecule has 0 bridgehead atoms. The maximum atomic E-state index is 11.2. The van der Waals surface area contributed by atoms with Gasteiger partial charge in [0.15, 0.2) is 5.78 Å². The highest BCUT2D eigenvalue weighted by Gasteiger charge is 2.06. The second kappa shape index (κ2) is 4.33. The molecule has 1 nitrogen and oxygen atoms in total. The van der Waals surface area contributed by atoms with E-state index in [4.69, 9.17) is 23.8 Å². The van der Waals surface area contributed by atoms with Crippen LogP contribution in [0.5, 0.6) is 0 Å². The Kier molecular flexibility index (Phi) is 3.38. The molecular weight excluding hydrogens is 192 g/mol. The molecule has 0 spiro atoms. The molecule has 0 saturated heterocycles. The molecule has 0 saturated carbocycles. The molecule has 0 aliphatic rings. The molecule has 0 radical (unpaired) electrons. The van der Waals surface area contributed by atoms with E-state index in [0.717, 1.165) is 5.56 Å². The standard InChI is InChI=1S/C9H7ClOS/c10-5-9(11)8-4-2-1-3-7(8)6-12/h1-4,6H,5H2. The molecule has 0 heterocycles. The average Bonchev–Trinajstić information content (AvgIpc) is 2.16. The average molecular weight is 199 g/mol. The van der Waals surface area contributed by atoms with Crippen LogP contribution in [-0.4, -0.2) is 17.0 Å². The van der Waals surface area contributed by atoms with Crippen molar-refractivity contribution >= 4 is 35.0 Å². The molecule has 1 aromatic carbocycles. The van der Waals surface area contributed by atoms with Crippen LogP contribution in [0.15, 0.2) is 24.3 Å². The van der Waals surface area contributed by atoms with Gasteiger partial charge in [0.25, 0.3) is 0 Å². The first kappa shape index (κ1) is 9.36. The van der Waals surface area contributed by atoms with Gasteiger partial charge in [-0.3, -0.25) is 4.79 Å². The predicted molar refractivity (Wildman–Crippen MR) is 54.2 cm³/mol. The van der Waals surface area contributed by atoms with Crippen LogP contribution in [0.4, 0.5) is 0 Å². The van der Waals surface area contributed by atoms with Crippen molar-refractivity contribution in [1.29, 1.82) is 0 Å². The lowest BCUT2D eigenvalue weighted by molar-refractivity contribution is 0.102. The SMILES string of the molecule is O=C(CCl)c1ccccc1C=S. The van der Waals surface area contributed by atoms with Gasteiger partial charge >= 0.3 is 0 Å². The van der Waals surface area contributed by atoms with Crippen LogP contribution in [0.25, 0.3) is 0 Å². The van der Waals surface area contributed by atoms with E-state index in [9.17, 15) is 4.79 Å². The Labute approximate surface area is 81.3 Å². The van der Waals surface area contributed by atoms with Crippen LogP contribution in [0.1, 0.15) is 15.9 Å².